The number of hydrogen-bond donors (Lipinski definition) is 4. The molecule has 2 amide bonds. The maximum Gasteiger partial charge on any atom is 0.272 e. The Labute approximate surface area is 202 Å². The van der Waals surface area contributed by atoms with Gasteiger partial charge in [0.25, 0.3) is 11.8 Å². The fourth-order valence-corrected chi connectivity index (χ4v) is 8.71. The molecule has 11 nitrogen and oxygen atoms in total. The van der Waals surface area contributed by atoms with Crippen molar-refractivity contribution in [2.75, 3.05) is 21.3 Å². The van der Waals surface area contributed by atoms with E-state index in [9.17, 15) is 30.0 Å². The number of benzene rings is 1. The largest absolute Gasteiger partial charge is 0.504 e. The SMILES string of the molecule is COc1ccc([C@@H]2SS[C@@]34C[C@]5(O)[C@H](O)C=C[C@@H](O)[C@@H]5ON3C(=O)C2N(C)C4=O)c(O)c1OC. The average Bonchev–Trinajstić information content (AvgIpc) is 3.00. The molecule has 184 valence electrons. The minimum Gasteiger partial charge on any atom is -0.504 e. The summed E-state index contributed by atoms with van der Waals surface area (Å²) in [5.41, 5.74) is -1.66. The zero-order valence-electron chi connectivity index (χ0n) is 18.4. The number of aliphatic hydroxyl groups is 3. The van der Waals surface area contributed by atoms with Gasteiger partial charge in [0.05, 0.1) is 19.5 Å². The van der Waals surface area contributed by atoms with Crippen molar-refractivity contribution in [1.82, 2.24) is 9.96 Å². The Morgan fingerprint density at radius 2 is 1.91 bits per heavy atom. The average molecular weight is 513 g/mol. The number of likely N-dealkylation sites (N-methyl/N-ethyl adjacent to an activating group) is 1. The molecule has 1 aromatic carbocycles. The highest BCUT2D eigenvalue weighted by Crippen LogP contribution is 2.62. The Bertz CT molecular complexity index is 1090. The highest BCUT2D eigenvalue weighted by atomic mass is 33.1. The molecule has 1 aromatic rings. The normalized spacial score (nSPS) is 38.9. The smallest absolute Gasteiger partial charge is 0.272 e. The van der Waals surface area contributed by atoms with Gasteiger partial charge in [-0.3, -0.25) is 14.4 Å². The third kappa shape index (κ3) is 2.94. The maximum absolute atomic E-state index is 13.7. The van der Waals surface area contributed by atoms with Crippen LogP contribution in [0.5, 0.6) is 17.2 Å². The number of phenols is 1. The summed E-state index contributed by atoms with van der Waals surface area (Å²) in [5.74, 6) is -0.901. The van der Waals surface area contributed by atoms with Gasteiger partial charge in [0, 0.05) is 19.0 Å². The van der Waals surface area contributed by atoms with E-state index in [1.807, 2.05) is 0 Å². The molecule has 0 aromatic heterocycles. The van der Waals surface area contributed by atoms with E-state index in [0.717, 1.165) is 15.9 Å². The summed E-state index contributed by atoms with van der Waals surface area (Å²) in [6.45, 7) is 0. The number of carbonyl (C=O) groups excluding carboxylic acids is 2. The number of hydrogen-bond acceptors (Lipinski definition) is 11. The van der Waals surface area contributed by atoms with Gasteiger partial charge in [0.1, 0.15) is 30.0 Å². The lowest BCUT2D eigenvalue weighted by Crippen LogP contribution is -2.77. The summed E-state index contributed by atoms with van der Waals surface area (Å²) in [5, 5.41) is 43.4. The molecule has 1 unspecified atom stereocenters. The fraction of sp³-hybridized carbons (Fsp3) is 0.524. The molecule has 4 saturated heterocycles. The van der Waals surface area contributed by atoms with Crippen molar-refractivity contribution < 1.29 is 44.3 Å². The Balaban J connectivity index is 1.61. The zero-order valence-corrected chi connectivity index (χ0v) is 20.1. The summed E-state index contributed by atoms with van der Waals surface area (Å²) in [7, 11) is 6.47. The molecule has 4 fully saturated rings. The number of carbonyl (C=O) groups is 2. The van der Waals surface area contributed by atoms with Crippen molar-refractivity contribution in [2.45, 2.75) is 46.5 Å². The van der Waals surface area contributed by atoms with Gasteiger partial charge in [0.15, 0.2) is 11.5 Å². The number of rotatable bonds is 3. The summed E-state index contributed by atoms with van der Waals surface area (Å²) in [6, 6.07) is 2.14. The van der Waals surface area contributed by atoms with E-state index >= 15 is 0 Å². The van der Waals surface area contributed by atoms with E-state index < -0.39 is 51.9 Å². The van der Waals surface area contributed by atoms with Crippen molar-refractivity contribution in [3.8, 4) is 17.2 Å². The Kier molecular flexibility index (Phi) is 5.50. The second-order valence-corrected chi connectivity index (χ2v) is 11.3. The maximum atomic E-state index is 13.7. The van der Waals surface area contributed by atoms with E-state index in [1.165, 1.54) is 49.1 Å². The Morgan fingerprint density at radius 1 is 1.18 bits per heavy atom. The number of nitrogens with zero attached hydrogens (tertiary/aromatic N) is 2. The second-order valence-electron chi connectivity index (χ2n) is 8.63. The highest BCUT2D eigenvalue weighted by molar-refractivity contribution is 8.77. The van der Waals surface area contributed by atoms with Crippen LogP contribution >= 0.6 is 21.6 Å². The first-order valence-electron chi connectivity index (χ1n) is 10.4. The molecule has 4 N–H and O–H groups in total. The Hall–Kier alpha value is -2.16. The molecule has 0 radical (unpaired) electrons. The number of aliphatic hydroxyl groups excluding tert-OH is 2. The van der Waals surface area contributed by atoms with Gasteiger partial charge in [0.2, 0.25) is 10.6 Å². The van der Waals surface area contributed by atoms with Crippen LogP contribution in [-0.2, 0) is 14.4 Å². The van der Waals surface area contributed by atoms with E-state index in [1.54, 1.807) is 12.1 Å². The summed E-state index contributed by atoms with van der Waals surface area (Å²) in [4.78, 5) is 32.8. The van der Waals surface area contributed by atoms with E-state index in [-0.39, 0.29) is 17.9 Å². The van der Waals surface area contributed by atoms with Crippen LogP contribution in [0.25, 0.3) is 0 Å². The molecule has 5 aliphatic rings. The van der Waals surface area contributed by atoms with Crippen LogP contribution in [0.3, 0.4) is 0 Å². The van der Waals surface area contributed by atoms with Gasteiger partial charge in [-0.25, -0.2) is 0 Å². The van der Waals surface area contributed by atoms with Crippen molar-refractivity contribution in [1.29, 1.82) is 0 Å². The van der Waals surface area contributed by atoms with Crippen molar-refractivity contribution in [3.05, 3.63) is 29.8 Å². The van der Waals surface area contributed by atoms with Crippen LogP contribution in [-0.4, -0.2) is 98.3 Å². The van der Waals surface area contributed by atoms with Crippen molar-refractivity contribution in [3.63, 3.8) is 0 Å². The first-order chi connectivity index (χ1) is 16.1. The lowest BCUT2D eigenvalue weighted by atomic mass is 9.75. The minimum absolute atomic E-state index is 0.0932. The second kappa shape index (κ2) is 7.93. The number of phenolic OH excluding ortho intramolecular Hbond substituents is 1. The minimum atomic E-state index is -2.01. The number of piperazine rings is 1. The molecule has 0 saturated carbocycles. The van der Waals surface area contributed by atoms with Crippen LogP contribution in [0.15, 0.2) is 24.3 Å². The monoisotopic (exact) mass is 512 g/mol. The number of hydroxylamine groups is 2. The van der Waals surface area contributed by atoms with Crippen LogP contribution in [0.1, 0.15) is 17.2 Å². The number of methoxy groups -OCH3 is 2. The molecule has 1 aliphatic carbocycles. The third-order valence-electron chi connectivity index (χ3n) is 6.83. The number of amides is 2. The van der Waals surface area contributed by atoms with Gasteiger partial charge >= 0.3 is 0 Å². The lowest BCUT2D eigenvalue weighted by molar-refractivity contribution is -0.329. The van der Waals surface area contributed by atoms with Gasteiger partial charge in [-0.05, 0) is 6.07 Å². The molecular formula is C21H24N2O9S2. The van der Waals surface area contributed by atoms with Gasteiger partial charge in [-0.1, -0.05) is 39.8 Å². The molecule has 2 bridgehead atoms. The molecule has 4 heterocycles. The Morgan fingerprint density at radius 3 is 2.59 bits per heavy atom. The predicted molar refractivity (Wildman–Crippen MR) is 121 cm³/mol. The topological polar surface area (TPSA) is 149 Å². The summed E-state index contributed by atoms with van der Waals surface area (Å²) >= 11 is 0. The molecular weight excluding hydrogens is 488 g/mol. The first-order valence-corrected chi connectivity index (χ1v) is 12.6. The number of ether oxygens (including phenoxy) is 2. The lowest BCUT2D eigenvalue weighted by Gasteiger charge is -2.57. The molecule has 6 rings (SSSR count). The standard InChI is InChI=1S/C21H24N2O9S2/c1-22-13-16(9-4-6-11(30-2)15(31-3)14(9)26)33-34-21(19(22)28)8-20(29)12(25)7-5-10(24)17(20)32-23(21)18(13)27/h4-7,10,12-13,16-17,24-26,29H,8H2,1-3H3/t10-,12-,13?,16+,17+,20+,21-/m1/s1. The molecule has 1 spiro atoms. The van der Waals surface area contributed by atoms with Crippen LogP contribution in [0, 0.1) is 0 Å². The van der Waals surface area contributed by atoms with E-state index in [2.05, 4.69) is 0 Å². The first kappa shape index (κ1) is 23.6. The van der Waals surface area contributed by atoms with Gasteiger partial charge in [-0.15, -0.1) is 0 Å². The van der Waals surface area contributed by atoms with Crippen molar-refractivity contribution in [2.24, 2.45) is 0 Å². The predicted octanol–water partition coefficient (Wildman–Crippen LogP) is -0.0624. The third-order valence-corrected chi connectivity index (χ3v) is 10.1. The molecule has 7 atom stereocenters. The summed E-state index contributed by atoms with van der Waals surface area (Å²) in [6.07, 6.45) is -1.89. The van der Waals surface area contributed by atoms with Crippen LogP contribution < -0.4 is 9.47 Å². The van der Waals surface area contributed by atoms with Crippen LogP contribution in [0.4, 0.5) is 0 Å². The molecule has 34 heavy (non-hydrogen) atoms. The quantitative estimate of drug-likeness (QED) is 0.319. The van der Waals surface area contributed by atoms with Gasteiger partial charge in [-0.2, -0.15) is 5.06 Å². The van der Waals surface area contributed by atoms with E-state index in [4.69, 9.17) is 14.3 Å². The number of aromatic hydroxyl groups is 1. The fourth-order valence-electron chi connectivity index (χ4n) is 5.04. The van der Waals surface area contributed by atoms with E-state index in [0.29, 0.717) is 11.3 Å². The van der Waals surface area contributed by atoms with Crippen LogP contribution in [0.2, 0.25) is 0 Å². The number of fused-ring (bicyclic) bond motifs is 4. The van der Waals surface area contributed by atoms with Crippen molar-refractivity contribution >= 4 is 33.4 Å². The van der Waals surface area contributed by atoms with Gasteiger partial charge < -0.3 is 34.8 Å². The highest BCUT2D eigenvalue weighted by Gasteiger charge is 2.70. The molecule has 13 heteroatoms. The zero-order chi connectivity index (χ0) is 24.6. The summed E-state index contributed by atoms with van der Waals surface area (Å²) < 4.78 is 10.5. The molecule has 4 aliphatic heterocycles.